The van der Waals surface area contributed by atoms with Crippen LogP contribution in [-0.4, -0.2) is 11.5 Å². The summed E-state index contributed by atoms with van der Waals surface area (Å²) in [7, 11) is 0. The number of hydrogen-bond donors (Lipinski definition) is 1. The summed E-state index contributed by atoms with van der Waals surface area (Å²) < 4.78 is 38.9. The first-order valence-electron chi connectivity index (χ1n) is 5.95. The molecule has 2 rings (SSSR count). The molecule has 0 aliphatic heterocycles. The zero-order chi connectivity index (χ0) is 14.8. The van der Waals surface area contributed by atoms with Crippen LogP contribution >= 0.6 is 22.9 Å². The molecule has 20 heavy (non-hydrogen) atoms. The van der Waals surface area contributed by atoms with Crippen LogP contribution in [0.3, 0.4) is 0 Å². The summed E-state index contributed by atoms with van der Waals surface area (Å²) in [6.45, 7) is 2.61. The maximum Gasteiger partial charge on any atom is 0.434 e. The molecule has 0 radical (unpaired) electrons. The van der Waals surface area contributed by atoms with Crippen molar-refractivity contribution in [2.24, 2.45) is 0 Å². The highest BCUT2D eigenvalue weighted by atomic mass is 35.5. The minimum atomic E-state index is -4.44. The van der Waals surface area contributed by atoms with Crippen LogP contribution in [0, 0.1) is 0 Å². The van der Waals surface area contributed by atoms with E-state index in [9.17, 15) is 13.2 Å². The predicted molar refractivity (Wildman–Crippen MR) is 74.9 cm³/mol. The molecule has 1 aromatic heterocycles. The molecule has 1 aromatic carbocycles. The van der Waals surface area contributed by atoms with Crippen molar-refractivity contribution in [2.75, 3.05) is 6.54 Å². The maximum absolute atomic E-state index is 13.0. The van der Waals surface area contributed by atoms with Crippen LogP contribution in [0.5, 0.6) is 0 Å². The van der Waals surface area contributed by atoms with Crippen LogP contribution in [0.2, 0.25) is 5.02 Å². The van der Waals surface area contributed by atoms with Crippen LogP contribution in [0.4, 0.5) is 13.2 Å². The van der Waals surface area contributed by atoms with Gasteiger partial charge in [0, 0.05) is 17.1 Å². The normalized spacial score (nSPS) is 11.8. The Morgan fingerprint density at radius 3 is 2.45 bits per heavy atom. The summed E-state index contributed by atoms with van der Waals surface area (Å²) in [5.74, 6) is 0. The van der Waals surface area contributed by atoms with Gasteiger partial charge < -0.3 is 5.32 Å². The van der Waals surface area contributed by atoms with Crippen molar-refractivity contribution >= 4 is 22.9 Å². The van der Waals surface area contributed by atoms with Gasteiger partial charge in [-0.05, 0) is 18.7 Å². The number of nitrogens with one attached hydrogen (secondary N) is 1. The smallest absolute Gasteiger partial charge is 0.312 e. The summed E-state index contributed by atoms with van der Waals surface area (Å²) >= 11 is 6.82. The Hall–Kier alpha value is -1.11. The van der Waals surface area contributed by atoms with Gasteiger partial charge in [0.15, 0.2) is 5.69 Å². The summed E-state index contributed by atoms with van der Waals surface area (Å²) in [5, 5.41) is 3.79. The largest absolute Gasteiger partial charge is 0.434 e. The molecule has 0 unspecified atom stereocenters. The average molecular weight is 321 g/mol. The van der Waals surface area contributed by atoms with Gasteiger partial charge in [-0.2, -0.15) is 13.2 Å². The first-order chi connectivity index (χ1) is 9.41. The van der Waals surface area contributed by atoms with Crippen molar-refractivity contribution in [3.8, 4) is 10.6 Å². The van der Waals surface area contributed by atoms with E-state index in [1.165, 1.54) is 0 Å². The topological polar surface area (TPSA) is 24.9 Å². The number of halogens is 4. The van der Waals surface area contributed by atoms with E-state index < -0.39 is 11.9 Å². The van der Waals surface area contributed by atoms with Gasteiger partial charge in [0.1, 0.15) is 5.01 Å². The van der Waals surface area contributed by atoms with Crippen LogP contribution in [0.25, 0.3) is 10.6 Å². The molecule has 0 atom stereocenters. The van der Waals surface area contributed by atoms with Crippen LogP contribution in [-0.2, 0) is 12.7 Å². The molecule has 0 aliphatic carbocycles. The van der Waals surface area contributed by atoms with E-state index >= 15 is 0 Å². The van der Waals surface area contributed by atoms with Gasteiger partial charge >= 0.3 is 6.18 Å². The third kappa shape index (κ3) is 3.50. The lowest BCUT2D eigenvalue weighted by Gasteiger charge is -2.05. The van der Waals surface area contributed by atoms with Gasteiger partial charge in [-0.25, -0.2) is 4.98 Å². The van der Waals surface area contributed by atoms with Gasteiger partial charge in [-0.1, -0.05) is 30.7 Å². The molecule has 0 aliphatic rings. The Kier molecular flexibility index (Phi) is 4.67. The van der Waals surface area contributed by atoms with Crippen molar-refractivity contribution in [2.45, 2.75) is 19.6 Å². The molecule has 2 aromatic rings. The van der Waals surface area contributed by atoms with Crippen LogP contribution in [0.1, 0.15) is 17.5 Å². The second kappa shape index (κ2) is 6.11. The second-order valence-electron chi connectivity index (χ2n) is 4.08. The molecule has 0 bridgehead atoms. The molecule has 108 valence electrons. The van der Waals surface area contributed by atoms with E-state index in [1.807, 2.05) is 6.92 Å². The highest BCUT2D eigenvalue weighted by Crippen LogP contribution is 2.37. The Morgan fingerprint density at radius 1 is 1.25 bits per heavy atom. The number of thiazole rings is 1. The van der Waals surface area contributed by atoms with E-state index in [1.54, 1.807) is 24.3 Å². The first kappa shape index (κ1) is 15.3. The molecule has 0 spiro atoms. The number of hydrogen-bond acceptors (Lipinski definition) is 3. The van der Waals surface area contributed by atoms with E-state index in [2.05, 4.69) is 10.3 Å². The Labute approximate surface area is 123 Å². The summed E-state index contributed by atoms with van der Waals surface area (Å²) in [6, 6.07) is 6.60. The lowest BCUT2D eigenvalue weighted by molar-refractivity contribution is -0.141. The minimum absolute atomic E-state index is 0.163. The Morgan fingerprint density at radius 2 is 1.90 bits per heavy atom. The average Bonchev–Trinajstić information content (AvgIpc) is 2.81. The zero-order valence-electron chi connectivity index (χ0n) is 10.6. The van der Waals surface area contributed by atoms with Gasteiger partial charge in [0.2, 0.25) is 0 Å². The number of aromatic nitrogens is 1. The second-order valence-corrected chi connectivity index (χ2v) is 5.60. The van der Waals surface area contributed by atoms with E-state index in [0.717, 1.165) is 11.3 Å². The minimum Gasteiger partial charge on any atom is -0.312 e. The maximum atomic E-state index is 13.0. The third-order valence-corrected chi connectivity index (χ3v) is 3.95. The lowest BCUT2D eigenvalue weighted by Crippen LogP contribution is -2.15. The molecule has 2 nitrogen and oxygen atoms in total. The molecule has 0 saturated heterocycles. The van der Waals surface area contributed by atoms with Gasteiger partial charge in [-0.3, -0.25) is 0 Å². The molecule has 0 fully saturated rings. The molecule has 0 saturated carbocycles. The van der Waals surface area contributed by atoms with Crippen LogP contribution in [0.15, 0.2) is 24.3 Å². The fourth-order valence-corrected chi connectivity index (χ4v) is 2.83. The standard InChI is InChI=1S/C13H12ClF3N2S/c1-2-18-7-10-11(13(15,16)17)19-12(20-10)8-3-5-9(14)6-4-8/h3-6,18H,2,7H2,1H3. The third-order valence-electron chi connectivity index (χ3n) is 2.59. The van der Waals surface area contributed by atoms with Gasteiger partial charge in [0.05, 0.1) is 4.88 Å². The van der Waals surface area contributed by atoms with Crippen LogP contribution < -0.4 is 5.32 Å². The fourth-order valence-electron chi connectivity index (χ4n) is 1.65. The highest BCUT2D eigenvalue weighted by Gasteiger charge is 2.37. The summed E-state index contributed by atoms with van der Waals surface area (Å²) in [4.78, 5) is 3.94. The predicted octanol–water partition coefficient (Wildman–Crippen LogP) is 4.59. The fraction of sp³-hybridized carbons (Fsp3) is 0.308. The number of benzene rings is 1. The quantitative estimate of drug-likeness (QED) is 0.891. The monoisotopic (exact) mass is 320 g/mol. The van der Waals surface area contributed by atoms with Crippen molar-refractivity contribution in [3.63, 3.8) is 0 Å². The van der Waals surface area contributed by atoms with E-state index in [0.29, 0.717) is 22.1 Å². The molecular weight excluding hydrogens is 309 g/mol. The first-order valence-corrected chi connectivity index (χ1v) is 7.14. The van der Waals surface area contributed by atoms with Gasteiger partial charge in [0.25, 0.3) is 0 Å². The van der Waals surface area contributed by atoms with Crippen molar-refractivity contribution in [3.05, 3.63) is 39.9 Å². The Balaban J connectivity index is 2.40. The zero-order valence-corrected chi connectivity index (χ0v) is 12.2. The highest BCUT2D eigenvalue weighted by molar-refractivity contribution is 7.15. The molecular formula is C13H12ClF3N2S. The lowest BCUT2D eigenvalue weighted by atomic mass is 10.2. The summed E-state index contributed by atoms with van der Waals surface area (Å²) in [5.41, 5.74) is -0.180. The molecule has 0 amide bonds. The van der Waals surface area contributed by atoms with Gasteiger partial charge in [-0.15, -0.1) is 11.3 Å². The number of nitrogens with zero attached hydrogens (tertiary/aromatic N) is 1. The van der Waals surface area contributed by atoms with E-state index in [4.69, 9.17) is 11.6 Å². The SMILES string of the molecule is CCNCc1sc(-c2ccc(Cl)cc2)nc1C(F)(F)F. The number of alkyl halides is 3. The number of rotatable bonds is 4. The summed E-state index contributed by atoms with van der Waals surface area (Å²) in [6.07, 6.45) is -4.44. The Bertz CT molecular complexity index is 578. The van der Waals surface area contributed by atoms with Crippen molar-refractivity contribution in [1.82, 2.24) is 10.3 Å². The van der Waals surface area contributed by atoms with Crippen molar-refractivity contribution in [1.29, 1.82) is 0 Å². The molecule has 1 heterocycles. The molecule has 1 N–H and O–H groups in total. The van der Waals surface area contributed by atoms with E-state index in [-0.39, 0.29) is 11.4 Å². The van der Waals surface area contributed by atoms with Crippen molar-refractivity contribution < 1.29 is 13.2 Å². The molecule has 7 heteroatoms.